The van der Waals surface area contributed by atoms with Crippen molar-refractivity contribution < 1.29 is 9.53 Å². The van der Waals surface area contributed by atoms with Crippen LogP contribution in [0.1, 0.15) is 12.8 Å². The van der Waals surface area contributed by atoms with E-state index >= 15 is 0 Å². The average Bonchev–Trinajstić information content (AvgIpc) is 2.25. The van der Waals surface area contributed by atoms with Gasteiger partial charge in [0.1, 0.15) is 0 Å². The molecule has 2 amide bonds. The number of carbonyl (C=O) groups excluding carboxylic acids is 1. The van der Waals surface area contributed by atoms with Crippen LogP contribution in [-0.4, -0.2) is 38.9 Å². The number of hydrogen-bond donors (Lipinski definition) is 3. The van der Waals surface area contributed by atoms with Gasteiger partial charge in [-0.05, 0) is 18.8 Å². The second kappa shape index (κ2) is 6.62. The van der Waals surface area contributed by atoms with Gasteiger partial charge in [0.05, 0.1) is 0 Å². The van der Waals surface area contributed by atoms with Gasteiger partial charge < -0.3 is 21.1 Å². The zero-order chi connectivity index (χ0) is 10.2. The highest BCUT2D eigenvalue weighted by Crippen LogP contribution is 2.12. The predicted octanol–water partition coefficient (Wildman–Crippen LogP) is -0.329. The number of nitrogens with one attached hydrogen (secondary N) is 2. The first-order valence-corrected chi connectivity index (χ1v) is 5.12. The van der Waals surface area contributed by atoms with Gasteiger partial charge in [-0.25, -0.2) is 4.79 Å². The van der Waals surface area contributed by atoms with Crippen molar-refractivity contribution in [1.82, 2.24) is 10.6 Å². The minimum Gasteiger partial charge on any atom is -0.381 e. The summed E-state index contributed by atoms with van der Waals surface area (Å²) in [6.07, 6.45) is 2.08. The van der Waals surface area contributed by atoms with Crippen molar-refractivity contribution in [2.45, 2.75) is 12.8 Å². The van der Waals surface area contributed by atoms with Gasteiger partial charge in [-0.15, -0.1) is 0 Å². The minimum atomic E-state index is -0.123. The Labute approximate surface area is 84.4 Å². The van der Waals surface area contributed by atoms with Crippen LogP contribution in [0.4, 0.5) is 4.79 Å². The molecule has 0 aromatic rings. The zero-order valence-corrected chi connectivity index (χ0v) is 8.42. The third-order valence-corrected chi connectivity index (χ3v) is 2.32. The topological polar surface area (TPSA) is 76.4 Å². The lowest BCUT2D eigenvalue weighted by molar-refractivity contribution is 0.0669. The SMILES string of the molecule is NCCNC(=O)NCC1CCOCC1. The maximum absolute atomic E-state index is 11.1. The van der Waals surface area contributed by atoms with Gasteiger partial charge in [0, 0.05) is 32.8 Å². The molecular weight excluding hydrogens is 182 g/mol. The summed E-state index contributed by atoms with van der Waals surface area (Å²) in [6, 6.07) is -0.123. The van der Waals surface area contributed by atoms with Crippen LogP contribution in [0.15, 0.2) is 0 Å². The highest BCUT2D eigenvalue weighted by atomic mass is 16.5. The molecule has 0 bridgehead atoms. The van der Waals surface area contributed by atoms with Crippen molar-refractivity contribution in [2.24, 2.45) is 11.7 Å². The number of urea groups is 1. The normalized spacial score (nSPS) is 17.8. The fourth-order valence-corrected chi connectivity index (χ4v) is 1.44. The second-order valence-electron chi connectivity index (χ2n) is 3.48. The number of amides is 2. The van der Waals surface area contributed by atoms with Crippen LogP contribution in [0.3, 0.4) is 0 Å². The van der Waals surface area contributed by atoms with Gasteiger partial charge in [-0.3, -0.25) is 0 Å². The summed E-state index contributed by atoms with van der Waals surface area (Å²) in [5.74, 6) is 0.562. The van der Waals surface area contributed by atoms with Crippen LogP contribution in [0.2, 0.25) is 0 Å². The molecule has 1 aliphatic rings. The largest absolute Gasteiger partial charge is 0.381 e. The summed E-state index contributed by atoms with van der Waals surface area (Å²) in [6.45, 7) is 3.37. The Morgan fingerprint density at radius 2 is 2.07 bits per heavy atom. The van der Waals surface area contributed by atoms with E-state index < -0.39 is 0 Å². The molecule has 0 aromatic heterocycles. The van der Waals surface area contributed by atoms with Crippen molar-refractivity contribution in [3.05, 3.63) is 0 Å². The minimum absolute atomic E-state index is 0.123. The van der Waals surface area contributed by atoms with Crippen molar-refractivity contribution in [3.8, 4) is 0 Å². The number of hydrogen-bond acceptors (Lipinski definition) is 3. The van der Waals surface area contributed by atoms with Gasteiger partial charge >= 0.3 is 6.03 Å². The van der Waals surface area contributed by atoms with Crippen LogP contribution in [0.25, 0.3) is 0 Å². The molecule has 0 unspecified atom stereocenters. The first-order chi connectivity index (χ1) is 6.83. The summed E-state index contributed by atoms with van der Waals surface area (Å²) in [7, 11) is 0. The molecule has 0 radical (unpaired) electrons. The van der Waals surface area contributed by atoms with E-state index in [0.717, 1.165) is 32.6 Å². The third-order valence-electron chi connectivity index (χ3n) is 2.32. The van der Waals surface area contributed by atoms with Crippen molar-refractivity contribution in [2.75, 3.05) is 32.8 Å². The summed E-state index contributed by atoms with van der Waals surface area (Å²) in [4.78, 5) is 11.1. The highest BCUT2D eigenvalue weighted by molar-refractivity contribution is 5.73. The Bertz CT molecular complexity index is 169. The Hall–Kier alpha value is -0.810. The standard InChI is InChI=1S/C9H19N3O2/c10-3-4-11-9(13)12-7-8-1-5-14-6-2-8/h8H,1-7,10H2,(H2,11,12,13). The molecular formula is C9H19N3O2. The van der Waals surface area contributed by atoms with E-state index in [1.165, 1.54) is 0 Å². The third kappa shape index (κ3) is 4.43. The van der Waals surface area contributed by atoms with Crippen LogP contribution in [0.5, 0.6) is 0 Å². The van der Waals surface area contributed by atoms with Crippen LogP contribution < -0.4 is 16.4 Å². The summed E-state index contributed by atoms with van der Waals surface area (Å²) < 4.78 is 5.23. The number of ether oxygens (including phenoxy) is 1. The molecule has 0 saturated carbocycles. The molecule has 1 aliphatic heterocycles. The van der Waals surface area contributed by atoms with Crippen molar-refractivity contribution in [1.29, 1.82) is 0 Å². The summed E-state index contributed by atoms with van der Waals surface area (Å²) in [5, 5.41) is 5.49. The first-order valence-electron chi connectivity index (χ1n) is 5.12. The molecule has 5 heteroatoms. The number of carbonyl (C=O) groups is 1. The van der Waals surface area contributed by atoms with E-state index in [9.17, 15) is 4.79 Å². The van der Waals surface area contributed by atoms with Crippen molar-refractivity contribution >= 4 is 6.03 Å². The fraction of sp³-hybridized carbons (Fsp3) is 0.889. The quantitative estimate of drug-likeness (QED) is 0.583. The molecule has 5 nitrogen and oxygen atoms in total. The molecule has 14 heavy (non-hydrogen) atoms. The fourth-order valence-electron chi connectivity index (χ4n) is 1.44. The van der Waals surface area contributed by atoms with Crippen LogP contribution in [-0.2, 0) is 4.74 Å². The van der Waals surface area contributed by atoms with E-state index in [-0.39, 0.29) is 6.03 Å². The zero-order valence-electron chi connectivity index (χ0n) is 8.42. The Kier molecular flexibility index (Phi) is 5.32. The van der Waals surface area contributed by atoms with Crippen molar-refractivity contribution in [3.63, 3.8) is 0 Å². The van der Waals surface area contributed by atoms with E-state index in [2.05, 4.69) is 10.6 Å². The lowest BCUT2D eigenvalue weighted by atomic mass is 10.0. The lowest BCUT2D eigenvalue weighted by Crippen LogP contribution is -2.41. The van der Waals surface area contributed by atoms with E-state index in [1.807, 2.05) is 0 Å². The molecule has 0 atom stereocenters. The van der Waals surface area contributed by atoms with Crippen LogP contribution >= 0.6 is 0 Å². The Morgan fingerprint density at radius 1 is 1.36 bits per heavy atom. The summed E-state index contributed by atoms with van der Waals surface area (Å²) in [5.41, 5.74) is 5.26. The number of rotatable bonds is 4. The highest BCUT2D eigenvalue weighted by Gasteiger charge is 2.14. The van der Waals surface area contributed by atoms with Gasteiger partial charge in [0.15, 0.2) is 0 Å². The Morgan fingerprint density at radius 3 is 2.71 bits per heavy atom. The maximum Gasteiger partial charge on any atom is 0.314 e. The molecule has 4 N–H and O–H groups in total. The molecule has 0 aromatic carbocycles. The van der Waals surface area contributed by atoms with E-state index in [1.54, 1.807) is 0 Å². The second-order valence-corrected chi connectivity index (χ2v) is 3.48. The average molecular weight is 201 g/mol. The molecule has 1 fully saturated rings. The lowest BCUT2D eigenvalue weighted by Gasteiger charge is -2.22. The summed E-state index contributed by atoms with van der Waals surface area (Å²) >= 11 is 0. The Balaban J connectivity index is 2.03. The predicted molar refractivity (Wildman–Crippen MR) is 54.0 cm³/mol. The van der Waals surface area contributed by atoms with Gasteiger partial charge in [0.25, 0.3) is 0 Å². The van der Waals surface area contributed by atoms with Crippen LogP contribution in [0, 0.1) is 5.92 Å². The monoisotopic (exact) mass is 201 g/mol. The van der Waals surface area contributed by atoms with Gasteiger partial charge in [0.2, 0.25) is 0 Å². The van der Waals surface area contributed by atoms with E-state index in [0.29, 0.717) is 19.0 Å². The molecule has 82 valence electrons. The molecule has 1 rings (SSSR count). The van der Waals surface area contributed by atoms with E-state index in [4.69, 9.17) is 10.5 Å². The molecule has 1 saturated heterocycles. The molecule has 0 spiro atoms. The van der Waals surface area contributed by atoms with Gasteiger partial charge in [-0.2, -0.15) is 0 Å². The first kappa shape index (κ1) is 11.3. The number of nitrogens with two attached hydrogens (primary N) is 1. The van der Waals surface area contributed by atoms with Gasteiger partial charge in [-0.1, -0.05) is 0 Å². The molecule has 0 aliphatic carbocycles. The smallest absolute Gasteiger partial charge is 0.314 e. The maximum atomic E-state index is 11.1. The molecule has 1 heterocycles.